The van der Waals surface area contributed by atoms with E-state index >= 15 is 0 Å². The highest BCUT2D eigenvalue weighted by atomic mass is 32.2. The molecule has 1 fully saturated rings. The Bertz CT molecular complexity index is 2150. The minimum atomic E-state index is -4.33. The summed E-state index contributed by atoms with van der Waals surface area (Å²) in [6, 6.07) is 12.8. The Labute approximate surface area is 350 Å². The van der Waals surface area contributed by atoms with E-state index in [4.69, 9.17) is 14.2 Å². The topological polar surface area (TPSA) is 222 Å². The fraction of sp³-hybridized carbons (Fsp3) is 0.452. The second kappa shape index (κ2) is 20.5. The van der Waals surface area contributed by atoms with E-state index in [-0.39, 0.29) is 48.2 Å². The fourth-order valence-corrected chi connectivity index (χ4v) is 8.33. The molecule has 18 heteroatoms. The summed E-state index contributed by atoms with van der Waals surface area (Å²) in [7, 11) is -1.42. The maximum absolute atomic E-state index is 14.1. The molecular weight excluding hydrogens is 797 g/mol. The number of fused-ring (bicyclic) bond motifs is 3. The Kier molecular flexibility index (Phi) is 15.5. The van der Waals surface area contributed by atoms with Gasteiger partial charge < -0.3 is 45.5 Å². The van der Waals surface area contributed by atoms with E-state index in [2.05, 4.69) is 21.3 Å². The van der Waals surface area contributed by atoms with E-state index < -0.39 is 64.3 Å². The molecule has 17 nitrogen and oxygen atoms in total. The third-order valence-corrected chi connectivity index (χ3v) is 12.1. The van der Waals surface area contributed by atoms with E-state index in [0.29, 0.717) is 47.9 Å². The number of aliphatic hydroxyl groups is 1. The van der Waals surface area contributed by atoms with Crippen LogP contribution in [0.2, 0.25) is 0 Å². The monoisotopic (exact) mass is 850 g/mol. The lowest BCUT2D eigenvalue weighted by Gasteiger charge is -2.28. The number of benzene rings is 3. The highest BCUT2D eigenvalue weighted by Gasteiger charge is 2.34. The van der Waals surface area contributed by atoms with Gasteiger partial charge in [-0.15, -0.1) is 0 Å². The first kappa shape index (κ1) is 45.4. The lowest BCUT2D eigenvalue weighted by molar-refractivity contribution is -0.135. The molecule has 60 heavy (non-hydrogen) atoms. The third kappa shape index (κ3) is 11.1. The quantitative estimate of drug-likeness (QED) is 0.233. The number of piperidine rings is 1. The minimum Gasteiger partial charge on any atom is -0.496 e. The first-order valence-electron chi connectivity index (χ1n) is 19.9. The van der Waals surface area contributed by atoms with Crippen molar-refractivity contribution < 1.29 is 51.7 Å². The van der Waals surface area contributed by atoms with E-state index in [9.17, 15) is 37.5 Å². The number of carbonyl (C=O) groups is 5. The summed E-state index contributed by atoms with van der Waals surface area (Å²) in [6.07, 6.45) is 1.11. The number of hydrogen-bond donors (Lipinski definition) is 5. The van der Waals surface area contributed by atoms with Gasteiger partial charge in [-0.1, -0.05) is 19.9 Å². The van der Waals surface area contributed by atoms with Gasteiger partial charge in [-0.25, -0.2) is 8.42 Å². The molecule has 0 saturated carbocycles. The van der Waals surface area contributed by atoms with E-state index in [0.717, 1.165) is 17.1 Å². The van der Waals surface area contributed by atoms with Crippen LogP contribution in [0.1, 0.15) is 68.8 Å². The van der Waals surface area contributed by atoms with E-state index in [1.54, 1.807) is 61.2 Å². The van der Waals surface area contributed by atoms with Crippen molar-refractivity contribution >= 4 is 45.2 Å². The number of rotatable bonds is 7. The number of aliphatic hydroxyl groups excluding tert-OH is 1. The van der Waals surface area contributed by atoms with Gasteiger partial charge >= 0.3 is 0 Å². The Balaban J connectivity index is 1.46. The van der Waals surface area contributed by atoms with Crippen molar-refractivity contribution in [3.8, 4) is 23.0 Å². The predicted molar refractivity (Wildman–Crippen MR) is 221 cm³/mol. The number of anilines is 1. The standard InChI is InChI=1S/C42H54N6O11S/c1-26(2)38-41(53)44-24-31-32(57-4)11-10-12-33(31)59-35-23-28(14-19-34(35)58-5)40(52)43-20-7-9-21-47(25-36(50)45-39(27(3)49)42(54)46-38)60(55,56)30-17-15-29(16-18-30)48-22-8-6-13-37(48)51/h10-12,14-19,23,26-27,38-39,49H,6-9,13,20-22,24-25H2,1-5H3,(H,43,52)(H,44,53)(H,45,50)(H,46,54)/t27-,38-,39+/m1/s1. The Morgan fingerprint density at radius 2 is 1.50 bits per heavy atom. The average Bonchev–Trinajstić information content (AvgIpc) is 3.22. The van der Waals surface area contributed by atoms with Crippen LogP contribution in [0.15, 0.2) is 65.6 Å². The van der Waals surface area contributed by atoms with Crippen LogP contribution in [0.5, 0.6) is 23.0 Å². The van der Waals surface area contributed by atoms with Gasteiger partial charge in [-0.3, -0.25) is 24.0 Å². The van der Waals surface area contributed by atoms with Gasteiger partial charge in [-0.05, 0) is 93.1 Å². The normalized spacial score (nSPS) is 20.1. The molecule has 2 aliphatic rings. The van der Waals surface area contributed by atoms with Crippen LogP contribution in [0.4, 0.5) is 5.69 Å². The second-order valence-electron chi connectivity index (χ2n) is 14.9. The average molecular weight is 851 g/mol. The molecule has 0 spiro atoms. The summed E-state index contributed by atoms with van der Waals surface area (Å²) >= 11 is 0. The molecule has 2 aliphatic heterocycles. The maximum atomic E-state index is 14.1. The molecule has 5 N–H and O–H groups in total. The molecule has 2 heterocycles. The molecule has 5 rings (SSSR count). The minimum absolute atomic E-state index is 0.0509. The number of nitrogens with one attached hydrogen (secondary N) is 4. The molecule has 0 aliphatic carbocycles. The van der Waals surface area contributed by atoms with Crippen molar-refractivity contribution in [2.45, 2.75) is 82.5 Å². The summed E-state index contributed by atoms with van der Waals surface area (Å²) < 4.78 is 46.6. The molecule has 2 bridgehead atoms. The van der Waals surface area contributed by atoms with Gasteiger partial charge in [-0.2, -0.15) is 4.31 Å². The van der Waals surface area contributed by atoms with Gasteiger partial charge in [0.25, 0.3) is 5.91 Å². The smallest absolute Gasteiger partial charge is 0.251 e. The van der Waals surface area contributed by atoms with Crippen molar-refractivity contribution in [2.24, 2.45) is 5.92 Å². The van der Waals surface area contributed by atoms with Crippen LogP contribution in [0.25, 0.3) is 0 Å². The zero-order chi connectivity index (χ0) is 43.6. The number of amides is 5. The van der Waals surface area contributed by atoms with Crippen molar-refractivity contribution in [1.82, 2.24) is 25.6 Å². The van der Waals surface area contributed by atoms with Gasteiger partial charge in [0.2, 0.25) is 33.7 Å². The molecule has 3 aromatic carbocycles. The van der Waals surface area contributed by atoms with E-state index in [1.807, 2.05) is 0 Å². The predicted octanol–water partition coefficient (Wildman–Crippen LogP) is 2.85. The summed E-state index contributed by atoms with van der Waals surface area (Å²) in [6.45, 7) is 4.39. The molecular formula is C42H54N6O11S. The summed E-state index contributed by atoms with van der Waals surface area (Å²) in [4.78, 5) is 68.3. The van der Waals surface area contributed by atoms with Crippen LogP contribution >= 0.6 is 0 Å². The fourth-order valence-electron chi connectivity index (χ4n) is 6.90. The van der Waals surface area contributed by atoms with Crippen LogP contribution < -0.4 is 40.4 Å². The number of methoxy groups -OCH3 is 2. The molecule has 3 atom stereocenters. The van der Waals surface area contributed by atoms with Gasteiger partial charge in [0, 0.05) is 37.3 Å². The molecule has 5 amide bonds. The molecule has 1 saturated heterocycles. The van der Waals surface area contributed by atoms with Gasteiger partial charge in [0.15, 0.2) is 11.5 Å². The zero-order valence-electron chi connectivity index (χ0n) is 34.5. The SMILES string of the molecule is COc1ccc2cc1Oc1cccc(OC)c1CNC(=O)[C@@H](C(C)C)NC(=O)[C@H]([C@@H](C)O)NC(=O)CN(S(=O)(=O)c1ccc(N3CCCCC3=O)cc1)CCCCNC2=O. The maximum Gasteiger partial charge on any atom is 0.251 e. The Morgan fingerprint density at radius 3 is 2.17 bits per heavy atom. The number of carbonyl (C=O) groups excluding carboxylic acids is 5. The zero-order valence-corrected chi connectivity index (χ0v) is 35.3. The number of nitrogens with zero attached hydrogens (tertiary/aromatic N) is 2. The van der Waals surface area contributed by atoms with Crippen molar-refractivity contribution in [2.75, 3.05) is 45.3 Å². The van der Waals surface area contributed by atoms with Crippen LogP contribution in [0.3, 0.4) is 0 Å². The first-order valence-corrected chi connectivity index (χ1v) is 21.3. The Hall–Kier alpha value is -5.72. The molecule has 0 aromatic heterocycles. The number of sulfonamides is 1. The molecule has 3 aromatic rings. The lowest BCUT2D eigenvalue weighted by atomic mass is 10.0. The number of ether oxygens (including phenoxy) is 3. The second-order valence-corrected chi connectivity index (χ2v) is 16.9. The summed E-state index contributed by atoms with van der Waals surface area (Å²) in [5, 5.41) is 21.4. The summed E-state index contributed by atoms with van der Waals surface area (Å²) in [5.41, 5.74) is 1.25. The third-order valence-electron chi connectivity index (χ3n) is 10.3. The van der Waals surface area contributed by atoms with Gasteiger partial charge in [0.05, 0.1) is 43.9 Å². The number of hydrogen-bond acceptors (Lipinski definition) is 11. The molecule has 0 unspecified atom stereocenters. The van der Waals surface area contributed by atoms with Crippen molar-refractivity contribution in [3.05, 3.63) is 71.8 Å². The first-order chi connectivity index (χ1) is 28.6. The Morgan fingerprint density at radius 1 is 0.783 bits per heavy atom. The van der Waals surface area contributed by atoms with Gasteiger partial charge in [0.1, 0.15) is 23.6 Å². The van der Waals surface area contributed by atoms with E-state index in [1.165, 1.54) is 39.3 Å². The highest BCUT2D eigenvalue weighted by molar-refractivity contribution is 7.89. The lowest BCUT2D eigenvalue weighted by Crippen LogP contribution is -2.59. The van der Waals surface area contributed by atoms with Crippen molar-refractivity contribution in [1.29, 1.82) is 0 Å². The molecule has 0 radical (unpaired) electrons. The van der Waals surface area contributed by atoms with Crippen LogP contribution in [0, 0.1) is 5.92 Å². The summed E-state index contributed by atoms with van der Waals surface area (Å²) in [5.74, 6) is -2.08. The van der Waals surface area contributed by atoms with Crippen LogP contribution in [-0.4, -0.2) is 106 Å². The molecule has 324 valence electrons. The van der Waals surface area contributed by atoms with Crippen LogP contribution in [-0.2, 0) is 35.7 Å². The largest absolute Gasteiger partial charge is 0.496 e. The van der Waals surface area contributed by atoms with Crippen molar-refractivity contribution in [3.63, 3.8) is 0 Å². The highest BCUT2D eigenvalue weighted by Crippen LogP contribution is 2.37.